The Bertz CT molecular complexity index is 692. The van der Waals surface area contributed by atoms with Crippen molar-refractivity contribution in [3.8, 4) is 23.3 Å². The van der Waals surface area contributed by atoms with Crippen LogP contribution >= 0.6 is 0 Å². The molecular formula is C16H16N2O3. The standard InChI is InChI=1S/C16H16N2O3/c1-10(13-8-12(19)6-7-14(13)20)18-16-11(9-17)4-3-5-15(16)21-2/h3-8,10,18-20H,1-2H3. The number of ether oxygens (including phenoxy) is 1. The van der Waals surface area contributed by atoms with Crippen molar-refractivity contribution in [2.75, 3.05) is 12.4 Å². The molecule has 108 valence electrons. The molecule has 2 aromatic rings. The van der Waals surface area contributed by atoms with Crippen LogP contribution in [0, 0.1) is 11.3 Å². The average molecular weight is 284 g/mol. The lowest BCUT2D eigenvalue weighted by atomic mass is 10.1. The van der Waals surface area contributed by atoms with E-state index in [0.29, 0.717) is 22.6 Å². The van der Waals surface area contributed by atoms with Crippen molar-refractivity contribution in [2.45, 2.75) is 13.0 Å². The van der Waals surface area contributed by atoms with E-state index < -0.39 is 0 Å². The number of methoxy groups -OCH3 is 1. The molecule has 0 radical (unpaired) electrons. The molecule has 0 heterocycles. The van der Waals surface area contributed by atoms with Crippen LogP contribution in [0.3, 0.4) is 0 Å². The van der Waals surface area contributed by atoms with Crippen LogP contribution in [0.1, 0.15) is 24.1 Å². The number of nitrogens with zero attached hydrogens (tertiary/aromatic N) is 1. The minimum atomic E-state index is -0.319. The molecule has 0 bridgehead atoms. The largest absolute Gasteiger partial charge is 0.508 e. The second kappa shape index (κ2) is 6.06. The molecule has 1 unspecified atom stereocenters. The summed E-state index contributed by atoms with van der Waals surface area (Å²) in [5, 5.41) is 31.8. The van der Waals surface area contributed by atoms with Gasteiger partial charge in [0.25, 0.3) is 0 Å². The van der Waals surface area contributed by atoms with Crippen molar-refractivity contribution in [1.29, 1.82) is 5.26 Å². The fourth-order valence-electron chi connectivity index (χ4n) is 2.13. The van der Waals surface area contributed by atoms with E-state index in [1.807, 2.05) is 6.92 Å². The highest BCUT2D eigenvalue weighted by molar-refractivity contribution is 5.67. The third-order valence-electron chi connectivity index (χ3n) is 3.21. The molecule has 0 aliphatic heterocycles. The van der Waals surface area contributed by atoms with E-state index in [2.05, 4.69) is 11.4 Å². The number of para-hydroxylation sites is 1. The molecule has 0 saturated carbocycles. The van der Waals surface area contributed by atoms with Crippen molar-refractivity contribution in [3.63, 3.8) is 0 Å². The van der Waals surface area contributed by atoms with Crippen LogP contribution in [-0.4, -0.2) is 17.3 Å². The number of benzene rings is 2. The van der Waals surface area contributed by atoms with Crippen LogP contribution in [0.15, 0.2) is 36.4 Å². The molecule has 1 atom stereocenters. The molecule has 2 aromatic carbocycles. The summed E-state index contributed by atoms with van der Waals surface area (Å²) in [5.41, 5.74) is 1.53. The maximum Gasteiger partial charge on any atom is 0.143 e. The number of nitrogens with one attached hydrogen (secondary N) is 1. The normalized spacial score (nSPS) is 11.5. The lowest BCUT2D eigenvalue weighted by Gasteiger charge is -2.19. The topological polar surface area (TPSA) is 85.5 Å². The van der Waals surface area contributed by atoms with E-state index in [1.165, 1.54) is 25.3 Å². The predicted octanol–water partition coefficient (Wildman–Crippen LogP) is 3.15. The van der Waals surface area contributed by atoms with Crippen LogP contribution in [0.2, 0.25) is 0 Å². The first-order valence-corrected chi connectivity index (χ1v) is 6.42. The summed E-state index contributed by atoms with van der Waals surface area (Å²) < 4.78 is 5.25. The monoisotopic (exact) mass is 284 g/mol. The SMILES string of the molecule is COc1cccc(C#N)c1NC(C)c1cc(O)ccc1O. The van der Waals surface area contributed by atoms with Crippen molar-refractivity contribution in [3.05, 3.63) is 47.5 Å². The molecule has 2 rings (SSSR count). The number of rotatable bonds is 4. The number of nitriles is 1. The molecule has 5 nitrogen and oxygen atoms in total. The van der Waals surface area contributed by atoms with Gasteiger partial charge in [0.2, 0.25) is 0 Å². The second-order valence-corrected chi connectivity index (χ2v) is 4.60. The number of phenolic OH excluding ortho intramolecular Hbond substituents is 2. The maximum atomic E-state index is 9.89. The number of phenols is 2. The van der Waals surface area contributed by atoms with Crippen LogP contribution < -0.4 is 10.1 Å². The zero-order valence-corrected chi connectivity index (χ0v) is 11.8. The number of hydrogen-bond acceptors (Lipinski definition) is 5. The van der Waals surface area contributed by atoms with Gasteiger partial charge >= 0.3 is 0 Å². The molecule has 5 heteroatoms. The Morgan fingerprint density at radius 3 is 2.67 bits per heavy atom. The molecule has 0 spiro atoms. The van der Waals surface area contributed by atoms with E-state index in [1.54, 1.807) is 18.2 Å². The number of aromatic hydroxyl groups is 2. The molecule has 3 N–H and O–H groups in total. The Hall–Kier alpha value is -2.87. The summed E-state index contributed by atoms with van der Waals surface area (Å²) in [6.07, 6.45) is 0. The van der Waals surface area contributed by atoms with Crippen molar-refractivity contribution >= 4 is 5.69 Å². The summed E-state index contributed by atoms with van der Waals surface area (Å²) in [7, 11) is 1.53. The maximum absolute atomic E-state index is 9.89. The first-order chi connectivity index (χ1) is 10.1. The summed E-state index contributed by atoms with van der Waals surface area (Å²) in [5.74, 6) is 0.679. The van der Waals surface area contributed by atoms with Gasteiger partial charge in [0.1, 0.15) is 23.3 Å². The Balaban J connectivity index is 2.38. The zero-order chi connectivity index (χ0) is 15.4. The number of anilines is 1. The summed E-state index contributed by atoms with van der Waals surface area (Å²) in [6, 6.07) is 11.3. The predicted molar refractivity (Wildman–Crippen MR) is 79.5 cm³/mol. The Morgan fingerprint density at radius 2 is 2.00 bits per heavy atom. The average Bonchev–Trinajstić information content (AvgIpc) is 2.49. The Labute approximate surface area is 123 Å². The van der Waals surface area contributed by atoms with Gasteiger partial charge in [-0.15, -0.1) is 0 Å². The quantitative estimate of drug-likeness (QED) is 0.751. The van der Waals surface area contributed by atoms with E-state index >= 15 is 0 Å². The lowest BCUT2D eigenvalue weighted by Crippen LogP contribution is -2.09. The van der Waals surface area contributed by atoms with Gasteiger partial charge in [-0.3, -0.25) is 0 Å². The fourth-order valence-corrected chi connectivity index (χ4v) is 2.13. The summed E-state index contributed by atoms with van der Waals surface area (Å²) in [4.78, 5) is 0. The minimum absolute atomic E-state index is 0.0667. The molecule has 0 aromatic heterocycles. The summed E-state index contributed by atoms with van der Waals surface area (Å²) in [6.45, 7) is 1.82. The lowest BCUT2D eigenvalue weighted by molar-refractivity contribution is 0.415. The Morgan fingerprint density at radius 1 is 1.24 bits per heavy atom. The van der Waals surface area contributed by atoms with Gasteiger partial charge in [-0.05, 0) is 37.3 Å². The van der Waals surface area contributed by atoms with Crippen LogP contribution in [-0.2, 0) is 0 Å². The highest BCUT2D eigenvalue weighted by atomic mass is 16.5. The minimum Gasteiger partial charge on any atom is -0.508 e. The molecule has 0 fully saturated rings. The van der Waals surface area contributed by atoms with Crippen LogP contribution in [0.4, 0.5) is 5.69 Å². The van der Waals surface area contributed by atoms with Crippen molar-refractivity contribution < 1.29 is 14.9 Å². The van der Waals surface area contributed by atoms with E-state index in [-0.39, 0.29) is 17.5 Å². The first kappa shape index (κ1) is 14.5. The van der Waals surface area contributed by atoms with Crippen LogP contribution in [0.25, 0.3) is 0 Å². The summed E-state index contributed by atoms with van der Waals surface area (Å²) >= 11 is 0. The van der Waals surface area contributed by atoms with Crippen LogP contribution in [0.5, 0.6) is 17.2 Å². The second-order valence-electron chi connectivity index (χ2n) is 4.60. The molecular weight excluding hydrogens is 268 g/mol. The van der Waals surface area contributed by atoms with Gasteiger partial charge in [-0.25, -0.2) is 0 Å². The van der Waals surface area contributed by atoms with Gasteiger partial charge in [0.05, 0.1) is 24.4 Å². The molecule has 21 heavy (non-hydrogen) atoms. The molecule has 0 saturated heterocycles. The Kier molecular flexibility index (Phi) is 4.19. The fraction of sp³-hybridized carbons (Fsp3) is 0.188. The number of hydrogen-bond donors (Lipinski definition) is 3. The van der Waals surface area contributed by atoms with Gasteiger partial charge < -0.3 is 20.3 Å². The smallest absolute Gasteiger partial charge is 0.143 e. The van der Waals surface area contributed by atoms with Gasteiger partial charge in [0.15, 0.2) is 0 Å². The molecule has 0 amide bonds. The third kappa shape index (κ3) is 3.00. The van der Waals surface area contributed by atoms with E-state index in [9.17, 15) is 15.5 Å². The zero-order valence-electron chi connectivity index (χ0n) is 11.8. The molecule has 0 aliphatic carbocycles. The highest BCUT2D eigenvalue weighted by Gasteiger charge is 2.16. The van der Waals surface area contributed by atoms with Crippen molar-refractivity contribution in [1.82, 2.24) is 0 Å². The van der Waals surface area contributed by atoms with Gasteiger partial charge in [0, 0.05) is 5.56 Å². The van der Waals surface area contributed by atoms with E-state index in [0.717, 1.165) is 0 Å². The van der Waals surface area contributed by atoms with E-state index in [4.69, 9.17) is 4.74 Å². The molecule has 0 aliphatic rings. The first-order valence-electron chi connectivity index (χ1n) is 6.42. The van der Waals surface area contributed by atoms with Crippen molar-refractivity contribution in [2.24, 2.45) is 0 Å². The highest BCUT2D eigenvalue weighted by Crippen LogP contribution is 2.34. The van der Waals surface area contributed by atoms with Gasteiger partial charge in [-0.1, -0.05) is 6.07 Å². The van der Waals surface area contributed by atoms with Gasteiger partial charge in [-0.2, -0.15) is 5.26 Å². The third-order valence-corrected chi connectivity index (χ3v) is 3.21.